The molecule has 2 heterocycles. The van der Waals surface area contributed by atoms with Crippen molar-refractivity contribution in [1.82, 2.24) is 4.98 Å². The van der Waals surface area contributed by atoms with Crippen LogP contribution >= 0.6 is 0 Å². The number of ether oxygens (including phenoxy) is 1. The molecule has 0 unspecified atom stereocenters. The summed E-state index contributed by atoms with van der Waals surface area (Å²) in [5.74, 6) is -0.107. The molecule has 5 nitrogen and oxygen atoms in total. The molecule has 0 saturated carbocycles. The van der Waals surface area contributed by atoms with Crippen molar-refractivity contribution >= 4 is 11.8 Å². The Balaban J connectivity index is 2.17. The number of anilines is 1. The second-order valence-electron chi connectivity index (χ2n) is 4.56. The number of carbonyl (C=O) groups is 1. The Morgan fingerprint density at radius 1 is 1.44 bits per heavy atom. The average molecular weight is 250 g/mol. The Kier molecular flexibility index (Phi) is 3.81. The lowest BCUT2D eigenvalue weighted by Crippen LogP contribution is -2.37. The predicted molar refractivity (Wildman–Crippen MR) is 68.2 cm³/mol. The van der Waals surface area contributed by atoms with Crippen LogP contribution in [0.1, 0.15) is 28.9 Å². The number of carboxylic acids is 1. The van der Waals surface area contributed by atoms with Gasteiger partial charge in [0.1, 0.15) is 5.82 Å². The van der Waals surface area contributed by atoms with Crippen LogP contribution in [-0.4, -0.2) is 42.4 Å². The quantitative estimate of drug-likeness (QED) is 0.884. The molecule has 18 heavy (non-hydrogen) atoms. The fourth-order valence-corrected chi connectivity index (χ4v) is 2.23. The molecular weight excluding hydrogens is 232 g/mol. The van der Waals surface area contributed by atoms with Crippen molar-refractivity contribution < 1.29 is 14.6 Å². The van der Waals surface area contributed by atoms with Crippen molar-refractivity contribution in [1.29, 1.82) is 0 Å². The molecule has 98 valence electrons. The van der Waals surface area contributed by atoms with Crippen LogP contribution in [0.3, 0.4) is 0 Å². The highest BCUT2D eigenvalue weighted by molar-refractivity contribution is 5.89. The summed E-state index contributed by atoms with van der Waals surface area (Å²) in [6, 6.07) is 3.81. The second-order valence-corrected chi connectivity index (χ2v) is 4.56. The number of aromatic carboxylic acids is 1. The maximum atomic E-state index is 10.9. The number of carboxylic acid groups (broad SMARTS) is 1. The van der Waals surface area contributed by atoms with E-state index in [-0.39, 0.29) is 5.56 Å². The lowest BCUT2D eigenvalue weighted by Gasteiger charge is -2.32. The summed E-state index contributed by atoms with van der Waals surface area (Å²) < 4.78 is 5.34. The standard InChI is InChI=1S/C13H18N2O3/c1-9-11(13(16)17)3-4-12(14-9)15(2)10-5-7-18-8-6-10/h3-4,10H,5-8H2,1-2H3,(H,16,17). The van der Waals surface area contributed by atoms with Crippen molar-refractivity contribution in [2.75, 3.05) is 25.2 Å². The van der Waals surface area contributed by atoms with Crippen molar-refractivity contribution in [2.24, 2.45) is 0 Å². The third-order valence-corrected chi connectivity index (χ3v) is 3.40. The van der Waals surface area contributed by atoms with Crippen molar-refractivity contribution in [2.45, 2.75) is 25.8 Å². The highest BCUT2D eigenvalue weighted by Gasteiger charge is 2.20. The third kappa shape index (κ3) is 2.61. The summed E-state index contributed by atoms with van der Waals surface area (Å²) in [5, 5.41) is 8.97. The first-order valence-electron chi connectivity index (χ1n) is 6.11. The summed E-state index contributed by atoms with van der Waals surface area (Å²) in [7, 11) is 2.00. The molecule has 0 spiro atoms. The number of hydrogen-bond acceptors (Lipinski definition) is 4. The summed E-state index contributed by atoms with van der Waals surface area (Å²) in [4.78, 5) is 17.4. The van der Waals surface area contributed by atoms with Crippen molar-refractivity contribution in [3.63, 3.8) is 0 Å². The molecule has 0 aliphatic carbocycles. The zero-order chi connectivity index (χ0) is 13.1. The van der Waals surface area contributed by atoms with Crippen LogP contribution in [0.2, 0.25) is 0 Å². The second kappa shape index (κ2) is 5.35. The maximum Gasteiger partial charge on any atom is 0.337 e. The lowest BCUT2D eigenvalue weighted by molar-refractivity contribution is 0.0695. The van der Waals surface area contributed by atoms with E-state index in [1.165, 1.54) is 0 Å². The minimum absolute atomic E-state index is 0.263. The molecule has 0 radical (unpaired) electrons. The van der Waals surface area contributed by atoms with Gasteiger partial charge in [-0.3, -0.25) is 0 Å². The first-order valence-corrected chi connectivity index (χ1v) is 6.11. The molecule has 1 aliphatic heterocycles. The molecular formula is C13H18N2O3. The highest BCUT2D eigenvalue weighted by Crippen LogP contribution is 2.20. The SMILES string of the molecule is Cc1nc(N(C)C2CCOCC2)ccc1C(=O)O. The van der Waals surface area contributed by atoms with Gasteiger partial charge in [-0.2, -0.15) is 0 Å². The number of aryl methyl sites for hydroxylation is 1. The first kappa shape index (κ1) is 12.8. The Morgan fingerprint density at radius 3 is 2.67 bits per heavy atom. The van der Waals surface area contributed by atoms with Crippen LogP contribution < -0.4 is 4.90 Å². The highest BCUT2D eigenvalue weighted by atomic mass is 16.5. The molecule has 1 aromatic rings. The zero-order valence-corrected chi connectivity index (χ0v) is 10.7. The van der Waals surface area contributed by atoms with Gasteiger partial charge in [0.15, 0.2) is 0 Å². The largest absolute Gasteiger partial charge is 0.478 e. The molecule has 1 fully saturated rings. The Labute approximate surface area is 106 Å². The number of hydrogen-bond donors (Lipinski definition) is 1. The molecule has 1 aliphatic rings. The van der Waals surface area contributed by atoms with Crippen LogP contribution in [0.25, 0.3) is 0 Å². The minimum atomic E-state index is -0.930. The van der Waals surface area contributed by atoms with Crippen molar-refractivity contribution in [3.05, 3.63) is 23.4 Å². The van der Waals surface area contributed by atoms with E-state index < -0.39 is 5.97 Å². The zero-order valence-electron chi connectivity index (χ0n) is 10.7. The number of aromatic nitrogens is 1. The topological polar surface area (TPSA) is 62.7 Å². The van der Waals surface area contributed by atoms with Crippen LogP contribution in [0, 0.1) is 6.92 Å². The molecule has 0 bridgehead atoms. The van der Waals surface area contributed by atoms with Gasteiger partial charge in [0.25, 0.3) is 0 Å². The summed E-state index contributed by atoms with van der Waals surface area (Å²) in [6.45, 7) is 3.28. The van der Waals surface area contributed by atoms with E-state index in [9.17, 15) is 4.79 Å². The fraction of sp³-hybridized carbons (Fsp3) is 0.538. The molecule has 1 aromatic heterocycles. The van der Waals surface area contributed by atoms with E-state index in [1.807, 2.05) is 7.05 Å². The number of rotatable bonds is 3. The van der Waals surface area contributed by atoms with E-state index >= 15 is 0 Å². The minimum Gasteiger partial charge on any atom is -0.478 e. The molecule has 0 atom stereocenters. The van der Waals surface area contributed by atoms with Gasteiger partial charge in [0.05, 0.1) is 11.3 Å². The summed E-state index contributed by atoms with van der Waals surface area (Å²) in [6.07, 6.45) is 1.97. The molecule has 1 N–H and O–H groups in total. The van der Waals surface area contributed by atoms with Crippen LogP contribution in [0.15, 0.2) is 12.1 Å². The number of pyridine rings is 1. The molecule has 0 amide bonds. The normalized spacial score (nSPS) is 16.6. The Hall–Kier alpha value is -1.62. The number of nitrogens with zero attached hydrogens (tertiary/aromatic N) is 2. The van der Waals surface area contributed by atoms with Gasteiger partial charge in [0, 0.05) is 26.3 Å². The third-order valence-electron chi connectivity index (χ3n) is 3.40. The van der Waals surface area contributed by atoms with Gasteiger partial charge in [-0.05, 0) is 31.9 Å². The maximum absolute atomic E-state index is 10.9. The molecule has 5 heteroatoms. The van der Waals surface area contributed by atoms with Crippen LogP contribution in [0.4, 0.5) is 5.82 Å². The molecule has 1 saturated heterocycles. The van der Waals surface area contributed by atoms with E-state index in [4.69, 9.17) is 9.84 Å². The predicted octanol–water partition coefficient (Wildman–Crippen LogP) is 1.70. The van der Waals surface area contributed by atoms with Gasteiger partial charge in [-0.25, -0.2) is 9.78 Å². The van der Waals surface area contributed by atoms with Gasteiger partial charge < -0.3 is 14.7 Å². The summed E-state index contributed by atoms with van der Waals surface area (Å²) in [5.41, 5.74) is 0.818. The fourth-order valence-electron chi connectivity index (χ4n) is 2.23. The monoisotopic (exact) mass is 250 g/mol. The van der Waals surface area contributed by atoms with Gasteiger partial charge in [-0.1, -0.05) is 0 Å². The first-order chi connectivity index (χ1) is 8.59. The lowest BCUT2D eigenvalue weighted by atomic mass is 10.1. The summed E-state index contributed by atoms with van der Waals surface area (Å²) >= 11 is 0. The Bertz CT molecular complexity index is 442. The van der Waals surface area contributed by atoms with Gasteiger partial charge in [0.2, 0.25) is 0 Å². The Morgan fingerprint density at radius 2 is 2.11 bits per heavy atom. The van der Waals surface area contributed by atoms with Crippen LogP contribution in [0.5, 0.6) is 0 Å². The van der Waals surface area contributed by atoms with Gasteiger partial charge >= 0.3 is 5.97 Å². The average Bonchev–Trinajstić information content (AvgIpc) is 2.38. The smallest absolute Gasteiger partial charge is 0.337 e. The van der Waals surface area contributed by atoms with E-state index in [0.29, 0.717) is 11.7 Å². The molecule has 2 rings (SSSR count). The van der Waals surface area contributed by atoms with Crippen LogP contribution in [-0.2, 0) is 4.74 Å². The van der Waals surface area contributed by atoms with Crippen molar-refractivity contribution in [3.8, 4) is 0 Å². The van der Waals surface area contributed by atoms with E-state index in [0.717, 1.165) is 31.9 Å². The van der Waals surface area contributed by atoms with Gasteiger partial charge in [-0.15, -0.1) is 0 Å². The van der Waals surface area contributed by atoms with E-state index in [2.05, 4.69) is 9.88 Å². The molecule has 0 aromatic carbocycles. The van der Waals surface area contributed by atoms with E-state index in [1.54, 1.807) is 19.1 Å².